The van der Waals surface area contributed by atoms with Crippen LogP contribution in [0.3, 0.4) is 0 Å². The highest BCUT2D eigenvalue weighted by atomic mass is 19.3. The van der Waals surface area contributed by atoms with Crippen LogP contribution in [0.15, 0.2) is 72.8 Å². The maximum atomic E-state index is 15.0. The molecular formula is C33H23F9O3. The number of benzene rings is 4. The summed E-state index contributed by atoms with van der Waals surface area (Å²) in [5.74, 6) is -11.1. The first-order valence-corrected chi connectivity index (χ1v) is 13.5. The maximum absolute atomic E-state index is 15.0. The van der Waals surface area contributed by atoms with Crippen molar-refractivity contribution in [2.24, 2.45) is 5.92 Å². The summed E-state index contributed by atoms with van der Waals surface area (Å²) in [4.78, 5) is 0. The summed E-state index contributed by atoms with van der Waals surface area (Å²) in [6.45, 7) is 2.31. The third-order valence-electron chi connectivity index (χ3n) is 7.06. The smallest absolute Gasteiger partial charge is 0.429 e. The van der Waals surface area contributed by atoms with Crippen molar-refractivity contribution in [3.05, 3.63) is 125 Å². The quantitative estimate of drug-likeness (QED) is 0.109. The zero-order valence-corrected chi connectivity index (χ0v) is 23.3. The summed E-state index contributed by atoms with van der Waals surface area (Å²) < 4.78 is 145. The summed E-state index contributed by atoms with van der Waals surface area (Å²) in [5.41, 5.74) is -2.89. The lowest BCUT2D eigenvalue weighted by Gasteiger charge is -2.29. The van der Waals surface area contributed by atoms with Gasteiger partial charge in [-0.25, -0.2) is 30.7 Å². The van der Waals surface area contributed by atoms with Gasteiger partial charge in [-0.05, 0) is 66.9 Å². The second kappa shape index (κ2) is 13.0. The van der Waals surface area contributed by atoms with Crippen molar-refractivity contribution < 1.29 is 53.7 Å². The predicted molar refractivity (Wildman–Crippen MR) is 146 cm³/mol. The SMILES string of the molecule is C/C=C\CC1COC(c2cc(F)c(C(F)(F)Oc3ccc(-c4ccc(-c5cc(F)c(F)c(F)c5)c(F)c4)c(F)c3)c(F)c2)OC1. The molecule has 4 aromatic carbocycles. The lowest BCUT2D eigenvalue weighted by Crippen LogP contribution is -2.28. The first-order chi connectivity index (χ1) is 21.4. The molecule has 236 valence electrons. The van der Waals surface area contributed by atoms with E-state index in [4.69, 9.17) is 9.47 Å². The van der Waals surface area contributed by atoms with Crippen LogP contribution < -0.4 is 4.74 Å². The molecule has 0 spiro atoms. The number of rotatable bonds is 8. The average molecular weight is 639 g/mol. The van der Waals surface area contributed by atoms with Gasteiger partial charge in [0, 0.05) is 28.7 Å². The molecule has 45 heavy (non-hydrogen) atoms. The Morgan fingerprint density at radius 1 is 0.711 bits per heavy atom. The van der Waals surface area contributed by atoms with Gasteiger partial charge >= 0.3 is 6.11 Å². The van der Waals surface area contributed by atoms with Crippen LogP contribution in [0, 0.1) is 46.6 Å². The largest absolute Gasteiger partial charge is 0.432 e. The van der Waals surface area contributed by atoms with Crippen LogP contribution >= 0.6 is 0 Å². The van der Waals surface area contributed by atoms with Crippen molar-refractivity contribution in [2.75, 3.05) is 13.2 Å². The molecule has 1 saturated heterocycles. The van der Waals surface area contributed by atoms with Crippen LogP contribution in [0.25, 0.3) is 22.3 Å². The van der Waals surface area contributed by atoms with Crippen LogP contribution in [0.1, 0.15) is 30.8 Å². The van der Waals surface area contributed by atoms with Gasteiger partial charge in [0.05, 0.1) is 13.2 Å². The van der Waals surface area contributed by atoms with Crippen LogP contribution in [0.4, 0.5) is 39.5 Å². The average Bonchev–Trinajstić information content (AvgIpc) is 2.98. The Kier molecular flexibility index (Phi) is 9.26. The topological polar surface area (TPSA) is 27.7 Å². The molecule has 0 bridgehead atoms. The van der Waals surface area contributed by atoms with Crippen molar-refractivity contribution in [2.45, 2.75) is 25.7 Å². The number of hydrogen-bond acceptors (Lipinski definition) is 3. The maximum Gasteiger partial charge on any atom is 0.432 e. The molecule has 0 radical (unpaired) electrons. The standard InChI is InChI=1S/C33H23F9O3/c1-2-3-4-17-15-43-32(44-16-17)20-12-26(36)30(27(37)13-20)33(41,42)45-21-6-8-22(25(35)14-21)18-5-7-23(24(34)9-18)19-10-28(38)31(40)29(39)11-19/h2-3,5-14,17,32H,4,15-16H2,1H3/b3-2-. The van der Waals surface area contributed by atoms with E-state index in [1.165, 1.54) is 6.07 Å². The highest BCUT2D eigenvalue weighted by Crippen LogP contribution is 2.39. The van der Waals surface area contributed by atoms with Gasteiger partial charge in [0.15, 0.2) is 23.7 Å². The van der Waals surface area contributed by atoms with Gasteiger partial charge < -0.3 is 14.2 Å². The molecule has 4 aromatic rings. The number of ether oxygens (including phenoxy) is 3. The van der Waals surface area contributed by atoms with Gasteiger partial charge in [-0.15, -0.1) is 0 Å². The number of hydrogen-bond donors (Lipinski definition) is 0. The zero-order chi connectivity index (χ0) is 32.5. The van der Waals surface area contributed by atoms with Gasteiger partial charge in [-0.3, -0.25) is 0 Å². The summed E-state index contributed by atoms with van der Waals surface area (Å²) in [6.07, 6.45) is -1.32. The Labute approximate surface area is 251 Å². The van der Waals surface area contributed by atoms with Gasteiger partial charge in [-0.2, -0.15) is 8.78 Å². The molecule has 1 heterocycles. The molecule has 1 fully saturated rings. The number of halogens is 9. The molecule has 0 atom stereocenters. The van der Waals surface area contributed by atoms with E-state index in [1.807, 2.05) is 19.1 Å². The molecule has 5 rings (SSSR count). The fraction of sp³-hybridized carbons (Fsp3) is 0.212. The monoisotopic (exact) mass is 638 g/mol. The van der Waals surface area contributed by atoms with E-state index < -0.39 is 64.4 Å². The Morgan fingerprint density at radius 3 is 1.84 bits per heavy atom. The van der Waals surface area contributed by atoms with Crippen LogP contribution in [-0.2, 0) is 15.6 Å². The molecule has 0 aliphatic carbocycles. The third-order valence-corrected chi connectivity index (χ3v) is 7.06. The van der Waals surface area contributed by atoms with Crippen molar-refractivity contribution in [3.8, 4) is 28.0 Å². The van der Waals surface area contributed by atoms with E-state index in [2.05, 4.69) is 4.74 Å². The van der Waals surface area contributed by atoms with E-state index in [9.17, 15) is 39.5 Å². The minimum absolute atomic E-state index is 0.0209. The van der Waals surface area contributed by atoms with E-state index >= 15 is 0 Å². The lowest BCUT2D eigenvalue weighted by molar-refractivity contribution is -0.205. The van der Waals surface area contributed by atoms with E-state index in [-0.39, 0.29) is 46.9 Å². The van der Waals surface area contributed by atoms with E-state index in [0.717, 1.165) is 24.3 Å². The van der Waals surface area contributed by atoms with Gasteiger partial charge in [-0.1, -0.05) is 24.3 Å². The zero-order valence-electron chi connectivity index (χ0n) is 23.3. The fourth-order valence-corrected chi connectivity index (χ4v) is 4.83. The normalized spacial score (nSPS) is 17.2. The second-order valence-corrected chi connectivity index (χ2v) is 10.2. The Balaban J connectivity index is 1.33. The predicted octanol–water partition coefficient (Wildman–Crippen LogP) is 9.75. The number of allylic oxidation sites excluding steroid dienone is 2. The van der Waals surface area contributed by atoms with Gasteiger partial charge in [0.2, 0.25) is 0 Å². The Morgan fingerprint density at radius 2 is 1.27 bits per heavy atom. The van der Waals surface area contributed by atoms with Crippen molar-refractivity contribution in [1.29, 1.82) is 0 Å². The summed E-state index contributed by atoms with van der Waals surface area (Å²) in [5, 5.41) is 0. The number of alkyl halides is 2. The minimum atomic E-state index is -4.58. The highest BCUT2D eigenvalue weighted by molar-refractivity contribution is 5.72. The van der Waals surface area contributed by atoms with Crippen molar-refractivity contribution in [1.82, 2.24) is 0 Å². The van der Waals surface area contributed by atoms with Crippen molar-refractivity contribution >= 4 is 0 Å². The molecule has 3 nitrogen and oxygen atoms in total. The van der Waals surface area contributed by atoms with E-state index in [0.29, 0.717) is 36.8 Å². The Bertz CT molecular complexity index is 1700. The first kappa shape index (κ1) is 32.1. The molecule has 0 unspecified atom stereocenters. The molecule has 0 saturated carbocycles. The summed E-state index contributed by atoms with van der Waals surface area (Å²) in [7, 11) is 0. The first-order valence-electron chi connectivity index (χ1n) is 13.5. The van der Waals surface area contributed by atoms with Crippen LogP contribution in [0.5, 0.6) is 5.75 Å². The molecule has 12 heteroatoms. The summed E-state index contributed by atoms with van der Waals surface area (Å²) in [6, 6.07) is 7.86. The highest BCUT2D eigenvalue weighted by Gasteiger charge is 2.42. The van der Waals surface area contributed by atoms with Gasteiger partial charge in [0.25, 0.3) is 0 Å². The lowest BCUT2D eigenvalue weighted by atomic mass is 9.99. The molecule has 0 aromatic heterocycles. The summed E-state index contributed by atoms with van der Waals surface area (Å²) >= 11 is 0. The van der Waals surface area contributed by atoms with E-state index in [1.54, 1.807) is 0 Å². The van der Waals surface area contributed by atoms with Crippen LogP contribution in [0.2, 0.25) is 0 Å². The minimum Gasteiger partial charge on any atom is -0.429 e. The molecule has 0 amide bonds. The molecule has 1 aliphatic rings. The fourth-order valence-electron chi connectivity index (χ4n) is 4.83. The molecule has 0 N–H and O–H groups in total. The van der Waals surface area contributed by atoms with Crippen molar-refractivity contribution in [3.63, 3.8) is 0 Å². The molecular weight excluding hydrogens is 615 g/mol. The third kappa shape index (κ3) is 6.86. The molecule has 1 aliphatic heterocycles. The van der Waals surface area contributed by atoms with Gasteiger partial charge in [0.1, 0.15) is 34.6 Å². The Hall–Kier alpha value is -4.29. The van der Waals surface area contributed by atoms with Crippen LogP contribution in [-0.4, -0.2) is 13.2 Å². The second-order valence-electron chi connectivity index (χ2n) is 10.2.